The number of amides is 1. The first-order valence-electron chi connectivity index (χ1n) is 21.9. The van der Waals surface area contributed by atoms with Gasteiger partial charge in [-0.25, -0.2) is 9.59 Å². The molecule has 2 aromatic rings. The lowest BCUT2D eigenvalue weighted by Gasteiger charge is -2.68. The van der Waals surface area contributed by atoms with E-state index >= 15 is 4.79 Å². The number of ether oxygens (including phenoxy) is 6. The van der Waals surface area contributed by atoms with Gasteiger partial charge in [-0.3, -0.25) is 19.2 Å². The highest BCUT2D eigenvalue weighted by molar-refractivity contribution is 5.95. The fourth-order valence-electron chi connectivity index (χ4n) is 10.7. The quantitative estimate of drug-likeness (QED) is 0.144. The third kappa shape index (κ3) is 7.87. The third-order valence-corrected chi connectivity index (χ3v) is 14.7. The molecule has 1 aromatic carbocycles. The van der Waals surface area contributed by atoms with Gasteiger partial charge < -0.3 is 43.3 Å². The lowest BCUT2D eigenvalue weighted by Crippen LogP contribution is -2.81. The molecule has 1 aromatic heterocycles. The molecule has 1 saturated heterocycles. The first kappa shape index (κ1) is 46.0. The largest absolute Gasteiger partial charge is 0.467 e. The van der Waals surface area contributed by atoms with Crippen molar-refractivity contribution in [2.75, 3.05) is 6.61 Å². The summed E-state index contributed by atoms with van der Waals surface area (Å²) in [4.78, 5) is 85.0. The third-order valence-electron chi connectivity index (χ3n) is 14.7. The summed E-state index contributed by atoms with van der Waals surface area (Å²) in [6.45, 7) is 16.2. The highest BCUT2D eigenvalue weighted by Gasteiger charge is 2.78. The van der Waals surface area contributed by atoms with E-state index in [-0.39, 0.29) is 42.3 Å². The fourth-order valence-corrected chi connectivity index (χ4v) is 10.7. The molecule has 15 heteroatoms. The SMILES string of the molecule is CC(=O)OC1C(=O)C2(C)C(C)CC3OCC3(OC(=O)C3CCC3)C2C(OC(=O)c2ccccc2)C2(O)CC(OC(=O)C(C)C(NC(=O)OC(C)(C)C)c3ccco3)C(C)=C1C2(C)C. The second-order valence-electron chi connectivity index (χ2n) is 19.9. The highest BCUT2D eigenvalue weighted by Crippen LogP contribution is 2.66. The maximum atomic E-state index is 15.8. The number of carbonyl (C=O) groups excluding carboxylic acids is 6. The van der Waals surface area contributed by atoms with Crippen molar-refractivity contribution >= 4 is 35.8 Å². The number of alkyl carbamates (subject to hydrolysis) is 1. The summed E-state index contributed by atoms with van der Waals surface area (Å²) in [5.41, 5.74) is -7.06. The summed E-state index contributed by atoms with van der Waals surface area (Å²) in [7, 11) is 0. The zero-order valence-corrected chi connectivity index (χ0v) is 37.8. The summed E-state index contributed by atoms with van der Waals surface area (Å²) >= 11 is 0. The summed E-state index contributed by atoms with van der Waals surface area (Å²) < 4.78 is 42.9. The van der Waals surface area contributed by atoms with Crippen molar-refractivity contribution in [1.29, 1.82) is 0 Å². The molecule has 3 saturated carbocycles. The van der Waals surface area contributed by atoms with Crippen LogP contribution in [0.3, 0.4) is 0 Å². The van der Waals surface area contributed by atoms with E-state index in [2.05, 4.69) is 5.32 Å². The minimum atomic E-state index is -2.21. The van der Waals surface area contributed by atoms with E-state index in [1.165, 1.54) is 20.1 Å². The smallest absolute Gasteiger partial charge is 0.408 e. The summed E-state index contributed by atoms with van der Waals surface area (Å²) in [5, 5.41) is 16.6. The molecule has 0 spiro atoms. The number of carbonyl (C=O) groups is 6. The van der Waals surface area contributed by atoms with Crippen molar-refractivity contribution in [1.82, 2.24) is 5.32 Å². The van der Waals surface area contributed by atoms with Crippen molar-refractivity contribution in [2.24, 2.45) is 34.5 Å². The molecular formula is C48H61NO14. The molecule has 2 bridgehead atoms. The fraction of sp³-hybridized carbons (Fsp3) is 0.625. The molecule has 7 rings (SSSR count). The van der Waals surface area contributed by atoms with Crippen LogP contribution in [0.2, 0.25) is 0 Å². The number of nitrogens with one attached hydrogen (secondary N) is 1. The van der Waals surface area contributed by atoms with Crippen molar-refractivity contribution < 1.29 is 66.7 Å². The van der Waals surface area contributed by atoms with Crippen LogP contribution in [0.15, 0.2) is 64.3 Å². The minimum Gasteiger partial charge on any atom is -0.467 e. The lowest BCUT2D eigenvalue weighted by atomic mass is 9.43. The molecule has 15 nitrogen and oxygen atoms in total. The van der Waals surface area contributed by atoms with E-state index < -0.39 is 112 Å². The van der Waals surface area contributed by atoms with Gasteiger partial charge in [-0.05, 0) is 95.2 Å². The van der Waals surface area contributed by atoms with Gasteiger partial charge in [0.05, 0.1) is 36.2 Å². The van der Waals surface area contributed by atoms with Crippen molar-refractivity contribution in [3.05, 3.63) is 71.2 Å². The number of furan rings is 1. The highest BCUT2D eigenvalue weighted by atomic mass is 16.6. The van der Waals surface area contributed by atoms with Gasteiger partial charge in [0.25, 0.3) is 0 Å². The van der Waals surface area contributed by atoms with Crippen molar-refractivity contribution in [3.63, 3.8) is 0 Å². The van der Waals surface area contributed by atoms with E-state index in [1.54, 1.807) is 90.9 Å². The van der Waals surface area contributed by atoms with Crippen LogP contribution in [-0.2, 0) is 47.6 Å². The minimum absolute atomic E-state index is 0.152. The monoisotopic (exact) mass is 875 g/mol. The molecule has 2 N–H and O–H groups in total. The van der Waals surface area contributed by atoms with Crippen LogP contribution in [0.5, 0.6) is 0 Å². The normalized spacial score (nSPS) is 33.3. The Hall–Kier alpha value is -5.02. The van der Waals surface area contributed by atoms with Gasteiger partial charge in [-0.2, -0.15) is 0 Å². The van der Waals surface area contributed by atoms with Crippen LogP contribution in [0.4, 0.5) is 4.79 Å². The molecule has 4 aliphatic carbocycles. The second-order valence-corrected chi connectivity index (χ2v) is 19.9. The molecule has 63 heavy (non-hydrogen) atoms. The van der Waals surface area contributed by atoms with Gasteiger partial charge in [0.15, 0.2) is 17.5 Å². The molecule has 11 unspecified atom stereocenters. The van der Waals surface area contributed by atoms with Gasteiger partial charge in [-0.15, -0.1) is 0 Å². The van der Waals surface area contributed by atoms with E-state index in [0.29, 0.717) is 18.4 Å². The van der Waals surface area contributed by atoms with E-state index in [4.69, 9.17) is 32.8 Å². The molecule has 11 atom stereocenters. The van der Waals surface area contributed by atoms with Crippen molar-refractivity contribution in [2.45, 2.75) is 149 Å². The number of benzene rings is 1. The maximum Gasteiger partial charge on any atom is 0.408 e. The number of esters is 4. The predicted molar refractivity (Wildman–Crippen MR) is 223 cm³/mol. The molecule has 0 radical (unpaired) electrons. The first-order valence-corrected chi connectivity index (χ1v) is 21.9. The number of ketones is 1. The van der Waals surface area contributed by atoms with Crippen LogP contribution >= 0.6 is 0 Å². The topological polar surface area (TPSA) is 203 Å². The zero-order valence-electron chi connectivity index (χ0n) is 37.8. The molecule has 1 amide bonds. The Bertz CT molecular complexity index is 2150. The predicted octanol–water partition coefficient (Wildman–Crippen LogP) is 6.75. The van der Waals surface area contributed by atoms with Crippen LogP contribution < -0.4 is 5.32 Å². The number of Topliss-reactive ketones (excluding diaryl/α,β-unsaturated/α-hetero) is 1. The van der Waals surface area contributed by atoms with E-state index in [0.717, 1.165) is 6.42 Å². The molecule has 2 heterocycles. The Morgan fingerprint density at radius 1 is 0.968 bits per heavy atom. The maximum absolute atomic E-state index is 15.8. The molecule has 4 fully saturated rings. The summed E-state index contributed by atoms with van der Waals surface area (Å²) in [6, 6.07) is 10.3. The van der Waals surface area contributed by atoms with Gasteiger partial charge in [0, 0.05) is 24.2 Å². The van der Waals surface area contributed by atoms with E-state index in [9.17, 15) is 29.1 Å². The van der Waals surface area contributed by atoms with E-state index in [1.807, 2.05) is 6.92 Å². The number of rotatable bonds is 10. The Balaban J connectivity index is 1.39. The standard InChI is InChI=1S/C48H61NO14/c1-25-22-33-47(24-58-33,62-42(54)30-18-14-19-30)37-39(61-41(53)29-16-12-11-13-17-29)48(56)23-32(26(2)34(45(48,8)9)36(59-28(4)50)38(51)46(25,37)10)60-40(52)27(3)35(31-20-15-21-57-31)49-43(55)63-44(5,6)7/h11-13,15-17,20-21,25,27,30,32-33,35-37,39,56H,14,18-19,22-24H2,1-10H3,(H,49,55). The lowest BCUT2D eigenvalue weighted by molar-refractivity contribution is -0.342. The molecular weight excluding hydrogens is 815 g/mol. The average Bonchev–Trinajstić information content (AvgIpc) is 3.71. The van der Waals surface area contributed by atoms with Gasteiger partial charge in [0.2, 0.25) is 0 Å². The van der Waals surface area contributed by atoms with Crippen molar-refractivity contribution in [3.8, 4) is 0 Å². The molecule has 5 aliphatic rings. The number of aliphatic hydroxyl groups is 1. The Kier molecular flexibility index (Phi) is 12.1. The van der Waals surface area contributed by atoms with Crippen LogP contribution in [0.1, 0.15) is 124 Å². The zero-order chi connectivity index (χ0) is 46.0. The number of hydrogen-bond donors (Lipinski definition) is 2. The summed E-state index contributed by atoms with van der Waals surface area (Å²) in [6.07, 6.45) is -2.65. The van der Waals surface area contributed by atoms with Gasteiger partial charge in [-0.1, -0.05) is 52.3 Å². The number of fused-ring (bicyclic) bond motifs is 5. The van der Waals surface area contributed by atoms with Crippen LogP contribution in [0, 0.1) is 34.5 Å². The second kappa shape index (κ2) is 16.5. The van der Waals surface area contributed by atoms with Gasteiger partial charge in [0.1, 0.15) is 41.3 Å². The Labute approximate surface area is 367 Å². The number of hydrogen-bond acceptors (Lipinski definition) is 14. The summed E-state index contributed by atoms with van der Waals surface area (Å²) in [5.74, 6) is -6.46. The Morgan fingerprint density at radius 2 is 1.65 bits per heavy atom. The first-order chi connectivity index (χ1) is 29.5. The molecule has 342 valence electrons. The average molecular weight is 876 g/mol. The van der Waals surface area contributed by atoms with Gasteiger partial charge >= 0.3 is 30.0 Å². The van der Waals surface area contributed by atoms with Crippen LogP contribution in [-0.4, -0.2) is 88.7 Å². The molecule has 1 aliphatic heterocycles. The Morgan fingerprint density at radius 3 is 2.21 bits per heavy atom. The van der Waals surface area contributed by atoms with Crippen LogP contribution in [0.25, 0.3) is 0 Å².